The van der Waals surface area contributed by atoms with E-state index in [1.807, 2.05) is 0 Å². The van der Waals surface area contributed by atoms with Gasteiger partial charge in [-0.2, -0.15) is 0 Å². The SMILES string of the molecule is NC[C@@H](c1ccc(Br)cc1)C1CCCC1. The summed E-state index contributed by atoms with van der Waals surface area (Å²) >= 11 is 3.47. The van der Waals surface area contributed by atoms with Gasteiger partial charge < -0.3 is 5.73 Å². The lowest BCUT2D eigenvalue weighted by Gasteiger charge is -2.22. The van der Waals surface area contributed by atoms with E-state index in [4.69, 9.17) is 5.73 Å². The number of benzene rings is 1. The highest BCUT2D eigenvalue weighted by atomic mass is 79.9. The van der Waals surface area contributed by atoms with Gasteiger partial charge in [0.25, 0.3) is 0 Å². The fraction of sp³-hybridized carbons (Fsp3) is 0.538. The quantitative estimate of drug-likeness (QED) is 0.889. The van der Waals surface area contributed by atoms with Crippen molar-refractivity contribution in [3.8, 4) is 0 Å². The highest BCUT2D eigenvalue weighted by Gasteiger charge is 2.24. The summed E-state index contributed by atoms with van der Waals surface area (Å²) in [6.07, 6.45) is 5.49. The second-order valence-corrected chi connectivity index (χ2v) is 5.35. The van der Waals surface area contributed by atoms with Crippen molar-refractivity contribution in [3.63, 3.8) is 0 Å². The van der Waals surface area contributed by atoms with Crippen LogP contribution >= 0.6 is 15.9 Å². The van der Waals surface area contributed by atoms with Crippen LogP contribution in [0.4, 0.5) is 0 Å². The van der Waals surface area contributed by atoms with Gasteiger partial charge in [-0.1, -0.05) is 40.9 Å². The van der Waals surface area contributed by atoms with Crippen molar-refractivity contribution in [2.45, 2.75) is 31.6 Å². The molecule has 2 heteroatoms. The van der Waals surface area contributed by atoms with Gasteiger partial charge in [0.05, 0.1) is 0 Å². The molecule has 0 saturated heterocycles. The molecule has 0 spiro atoms. The molecule has 1 aliphatic rings. The van der Waals surface area contributed by atoms with Crippen molar-refractivity contribution in [2.24, 2.45) is 11.7 Å². The molecule has 1 nitrogen and oxygen atoms in total. The zero-order valence-corrected chi connectivity index (χ0v) is 10.5. The predicted molar refractivity (Wildman–Crippen MR) is 67.9 cm³/mol. The molecule has 1 saturated carbocycles. The Balaban J connectivity index is 2.14. The Morgan fingerprint density at radius 2 is 1.80 bits per heavy atom. The molecule has 0 aliphatic heterocycles. The average Bonchev–Trinajstić information content (AvgIpc) is 2.75. The molecule has 2 N–H and O–H groups in total. The van der Waals surface area contributed by atoms with E-state index < -0.39 is 0 Å². The highest BCUT2D eigenvalue weighted by molar-refractivity contribution is 9.10. The number of halogens is 1. The number of nitrogens with two attached hydrogens (primary N) is 1. The summed E-state index contributed by atoms with van der Waals surface area (Å²) in [4.78, 5) is 0. The van der Waals surface area contributed by atoms with Gasteiger partial charge in [-0.15, -0.1) is 0 Å². The van der Waals surface area contributed by atoms with Crippen molar-refractivity contribution in [2.75, 3.05) is 6.54 Å². The van der Waals surface area contributed by atoms with Crippen LogP contribution < -0.4 is 5.73 Å². The van der Waals surface area contributed by atoms with Crippen LogP contribution in [0.25, 0.3) is 0 Å². The molecule has 1 aromatic rings. The van der Waals surface area contributed by atoms with E-state index in [2.05, 4.69) is 40.2 Å². The Kier molecular flexibility index (Phi) is 3.81. The normalized spacial score (nSPS) is 19.3. The molecule has 0 heterocycles. The van der Waals surface area contributed by atoms with Crippen molar-refractivity contribution >= 4 is 15.9 Å². The van der Waals surface area contributed by atoms with Crippen LogP contribution in [-0.2, 0) is 0 Å². The second kappa shape index (κ2) is 5.13. The van der Waals surface area contributed by atoms with E-state index in [-0.39, 0.29) is 0 Å². The topological polar surface area (TPSA) is 26.0 Å². The maximum atomic E-state index is 5.91. The first-order valence-corrected chi connectivity index (χ1v) is 6.56. The average molecular weight is 268 g/mol. The molecule has 1 atom stereocenters. The summed E-state index contributed by atoms with van der Waals surface area (Å²) in [7, 11) is 0. The first-order valence-electron chi connectivity index (χ1n) is 5.77. The third-order valence-electron chi connectivity index (χ3n) is 3.52. The van der Waals surface area contributed by atoms with Gasteiger partial charge in [0.15, 0.2) is 0 Å². The Labute approximate surface area is 100 Å². The fourth-order valence-corrected chi connectivity index (χ4v) is 2.93. The second-order valence-electron chi connectivity index (χ2n) is 4.44. The minimum atomic E-state index is 0.570. The monoisotopic (exact) mass is 267 g/mol. The van der Waals surface area contributed by atoms with E-state index in [1.54, 1.807) is 0 Å². The third kappa shape index (κ3) is 2.61. The molecule has 0 radical (unpaired) electrons. The Morgan fingerprint density at radius 1 is 1.20 bits per heavy atom. The van der Waals surface area contributed by atoms with Gasteiger partial charge in [0.1, 0.15) is 0 Å². The summed E-state index contributed by atoms with van der Waals surface area (Å²) in [6.45, 7) is 0.784. The van der Waals surface area contributed by atoms with Gasteiger partial charge in [-0.25, -0.2) is 0 Å². The molecule has 0 amide bonds. The fourth-order valence-electron chi connectivity index (χ4n) is 2.67. The van der Waals surface area contributed by atoms with Crippen LogP contribution in [-0.4, -0.2) is 6.54 Å². The highest BCUT2D eigenvalue weighted by Crippen LogP contribution is 2.36. The number of hydrogen-bond acceptors (Lipinski definition) is 1. The van der Waals surface area contributed by atoms with Gasteiger partial charge in [-0.05, 0) is 48.9 Å². The summed E-state index contributed by atoms with van der Waals surface area (Å²) in [5, 5.41) is 0. The first kappa shape index (κ1) is 11.2. The molecule has 0 unspecified atom stereocenters. The van der Waals surface area contributed by atoms with Crippen LogP contribution in [0, 0.1) is 5.92 Å². The molecule has 1 fully saturated rings. The summed E-state index contributed by atoms with van der Waals surface area (Å²) < 4.78 is 1.15. The van der Waals surface area contributed by atoms with Gasteiger partial charge in [0, 0.05) is 4.47 Å². The van der Waals surface area contributed by atoms with Gasteiger partial charge >= 0.3 is 0 Å². The predicted octanol–water partition coefficient (Wildman–Crippen LogP) is 3.68. The van der Waals surface area contributed by atoms with Crippen LogP contribution in [0.15, 0.2) is 28.7 Å². The maximum Gasteiger partial charge on any atom is 0.0175 e. The molecule has 1 aromatic carbocycles. The van der Waals surface area contributed by atoms with Crippen molar-refractivity contribution in [1.82, 2.24) is 0 Å². The van der Waals surface area contributed by atoms with Crippen LogP contribution in [0.1, 0.15) is 37.2 Å². The van der Waals surface area contributed by atoms with Crippen LogP contribution in [0.2, 0.25) is 0 Å². The Hall–Kier alpha value is -0.340. The number of rotatable bonds is 3. The molecule has 2 rings (SSSR count). The first-order chi connectivity index (χ1) is 7.31. The lowest BCUT2D eigenvalue weighted by Crippen LogP contribution is -2.19. The van der Waals surface area contributed by atoms with E-state index >= 15 is 0 Å². The molecule has 0 aromatic heterocycles. The standard InChI is InChI=1S/C13H18BrN/c14-12-7-5-11(6-8-12)13(9-15)10-3-1-2-4-10/h5-8,10,13H,1-4,9,15H2/t13-/m1/s1. The summed E-state index contributed by atoms with van der Waals surface area (Å²) in [6, 6.07) is 8.65. The van der Waals surface area contributed by atoms with Gasteiger partial charge in [-0.3, -0.25) is 0 Å². The lowest BCUT2D eigenvalue weighted by atomic mass is 9.85. The van der Waals surface area contributed by atoms with Crippen LogP contribution in [0.5, 0.6) is 0 Å². The van der Waals surface area contributed by atoms with Crippen molar-refractivity contribution in [1.29, 1.82) is 0 Å². The smallest absolute Gasteiger partial charge is 0.0175 e. The van der Waals surface area contributed by atoms with E-state index in [9.17, 15) is 0 Å². The Morgan fingerprint density at radius 3 is 2.33 bits per heavy atom. The van der Waals surface area contributed by atoms with E-state index in [0.29, 0.717) is 5.92 Å². The Bertz CT molecular complexity index is 301. The minimum absolute atomic E-state index is 0.570. The maximum absolute atomic E-state index is 5.91. The summed E-state index contributed by atoms with van der Waals surface area (Å²) in [5.41, 5.74) is 7.32. The van der Waals surface area contributed by atoms with E-state index in [0.717, 1.165) is 16.9 Å². The minimum Gasteiger partial charge on any atom is -0.330 e. The van der Waals surface area contributed by atoms with Gasteiger partial charge in [0.2, 0.25) is 0 Å². The number of hydrogen-bond donors (Lipinski definition) is 1. The molecular weight excluding hydrogens is 250 g/mol. The van der Waals surface area contributed by atoms with E-state index in [1.165, 1.54) is 31.2 Å². The molecule has 15 heavy (non-hydrogen) atoms. The lowest BCUT2D eigenvalue weighted by molar-refractivity contribution is 0.440. The zero-order chi connectivity index (χ0) is 10.7. The summed E-state index contributed by atoms with van der Waals surface area (Å²) in [5.74, 6) is 1.39. The molecule has 82 valence electrons. The largest absolute Gasteiger partial charge is 0.330 e. The zero-order valence-electron chi connectivity index (χ0n) is 8.95. The third-order valence-corrected chi connectivity index (χ3v) is 4.05. The van der Waals surface area contributed by atoms with Crippen LogP contribution in [0.3, 0.4) is 0 Å². The molecule has 1 aliphatic carbocycles. The van der Waals surface area contributed by atoms with Crippen molar-refractivity contribution < 1.29 is 0 Å². The molecule has 0 bridgehead atoms. The molecular formula is C13H18BrN. The van der Waals surface area contributed by atoms with Crippen molar-refractivity contribution in [3.05, 3.63) is 34.3 Å².